The van der Waals surface area contributed by atoms with Crippen molar-refractivity contribution in [2.75, 3.05) is 0 Å². The molecule has 2 nitrogen and oxygen atoms in total. The molecule has 3 N–H and O–H groups in total. The Bertz CT molecular complexity index is 552. The predicted molar refractivity (Wildman–Crippen MR) is 94.1 cm³/mol. The molecule has 0 radical (unpaired) electrons. The molecule has 0 fully saturated rings. The second-order valence-corrected chi connectivity index (χ2v) is 6.66. The Balaban J connectivity index is 2.11. The first-order chi connectivity index (χ1) is 9.60. The number of rotatable bonds is 5. The maximum atomic E-state index is 6.20. The minimum absolute atomic E-state index is 0.0902. The lowest BCUT2D eigenvalue weighted by Gasteiger charge is -2.17. The van der Waals surface area contributed by atoms with Crippen molar-refractivity contribution in [3.8, 4) is 0 Å². The van der Waals surface area contributed by atoms with E-state index in [1.54, 1.807) is 0 Å². The van der Waals surface area contributed by atoms with E-state index in [0.717, 1.165) is 12.0 Å². The Morgan fingerprint density at radius 1 is 1.00 bits per heavy atom. The molecular weight excluding hydrogens is 406 g/mol. The summed E-state index contributed by atoms with van der Waals surface area (Å²) in [6.45, 7) is 0. The van der Waals surface area contributed by atoms with Crippen LogP contribution >= 0.6 is 45.8 Å². The molecule has 0 heterocycles. The van der Waals surface area contributed by atoms with Crippen LogP contribution in [0.2, 0.25) is 10.0 Å². The molecule has 2 aromatic rings. The van der Waals surface area contributed by atoms with E-state index >= 15 is 0 Å². The van der Waals surface area contributed by atoms with Crippen LogP contribution in [0.3, 0.4) is 0 Å². The van der Waals surface area contributed by atoms with Crippen molar-refractivity contribution in [1.82, 2.24) is 5.43 Å². The highest BCUT2D eigenvalue weighted by Gasteiger charge is 2.13. The van der Waals surface area contributed by atoms with E-state index in [4.69, 9.17) is 29.0 Å². The third-order valence-electron chi connectivity index (χ3n) is 3.14. The minimum Gasteiger partial charge on any atom is -0.271 e. The van der Waals surface area contributed by atoms with Crippen molar-refractivity contribution in [3.63, 3.8) is 0 Å². The molecule has 1 unspecified atom stereocenters. The molecule has 0 bridgehead atoms. The van der Waals surface area contributed by atoms with Crippen LogP contribution in [-0.4, -0.2) is 6.04 Å². The van der Waals surface area contributed by atoms with Gasteiger partial charge in [-0.25, -0.2) is 0 Å². The number of nitrogens with one attached hydrogen (secondary N) is 1. The number of hydrogen-bond acceptors (Lipinski definition) is 2. The van der Waals surface area contributed by atoms with E-state index in [1.165, 1.54) is 9.13 Å². The summed E-state index contributed by atoms with van der Waals surface area (Å²) < 4.78 is 1.22. The summed E-state index contributed by atoms with van der Waals surface area (Å²) in [5, 5.41) is 1.36. The Labute approximate surface area is 142 Å². The molecule has 20 heavy (non-hydrogen) atoms. The van der Waals surface area contributed by atoms with Crippen LogP contribution in [-0.2, 0) is 12.8 Å². The van der Waals surface area contributed by atoms with Crippen LogP contribution in [0.25, 0.3) is 0 Å². The molecule has 1 atom stereocenters. The van der Waals surface area contributed by atoms with Crippen LogP contribution in [0.5, 0.6) is 0 Å². The largest absolute Gasteiger partial charge is 0.271 e. The molecule has 2 aromatic carbocycles. The topological polar surface area (TPSA) is 38.0 Å². The monoisotopic (exact) mass is 420 g/mol. The van der Waals surface area contributed by atoms with E-state index in [1.807, 2.05) is 18.2 Å². The molecule has 0 saturated heterocycles. The summed E-state index contributed by atoms with van der Waals surface area (Å²) in [7, 11) is 0. The Morgan fingerprint density at radius 3 is 2.15 bits per heavy atom. The molecule has 0 aliphatic carbocycles. The summed E-state index contributed by atoms with van der Waals surface area (Å²) >= 11 is 14.7. The number of hydrazine groups is 1. The lowest BCUT2D eigenvalue weighted by atomic mass is 9.99. The zero-order valence-corrected chi connectivity index (χ0v) is 14.4. The number of nitrogens with two attached hydrogens (primary N) is 1. The van der Waals surface area contributed by atoms with Crippen molar-refractivity contribution in [1.29, 1.82) is 0 Å². The highest BCUT2D eigenvalue weighted by atomic mass is 127. The summed E-state index contributed by atoms with van der Waals surface area (Å²) in [5.41, 5.74) is 5.02. The second kappa shape index (κ2) is 7.61. The van der Waals surface area contributed by atoms with Gasteiger partial charge in [0.2, 0.25) is 0 Å². The van der Waals surface area contributed by atoms with Gasteiger partial charge >= 0.3 is 0 Å². The summed E-state index contributed by atoms with van der Waals surface area (Å²) in [4.78, 5) is 0. The van der Waals surface area contributed by atoms with Crippen LogP contribution < -0.4 is 11.3 Å². The Kier molecular flexibility index (Phi) is 6.11. The number of halogens is 3. The van der Waals surface area contributed by atoms with Gasteiger partial charge in [0, 0.05) is 19.7 Å². The van der Waals surface area contributed by atoms with Gasteiger partial charge in [0.25, 0.3) is 0 Å². The van der Waals surface area contributed by atoms with Gasteiger partial charge in [-0.3, -0.25) is 11.3 Å². The van der Waals surface area contributed by atoms with Crippen LogP contribution in [0, 0.1) is 3.57 Å². The summed E-state index contributed by atoms with van der Waals surface area (Å²) in [6.07, 6.45) is 1.52. The van der Waals surface area contributed by atoms with Crippen molar-refractivity contribution < 1.29 is 0 Å². The molecule has 0 aromatic heterocycles. The normalized spacial score (nSPS) is 12.4. The molecule has 0 amide bonds. The zero-order chi connectivity index (χ0) is 14.5. The van der Waals surface area contributed by atoms with E-state index < -0.39 is 0 Å². The SMILES string of the molecule is NNC(Cc1ccc(I)cc1)Cc1c(Cl)cccc1Cl. The second-order valence-electron chi connectivity index (χ2n) is 4.60. The van der Waals surface area contributed by atoms with E-state index in [-0.39, 0.29) is 6.04 Å². The average molecular weight is 421 g/mol. The molecule has 5 heteroatoms. The van der Waals surface area contributed by atoms with Gasteiger partial charge in [0.15, 0.2) is 0 Å². The lowest BCUT2D eigenvalue weighted by molar-refractivity contribution is 0.522. The van der Waals surface area contributed by atoms with Crippen molar-refractivity contribution in [2.24, 2.45) is 5.84 Å². The Hall–Kier alpha value is -0.330. The number of hydrogen-bond donors (Lipinski definition) is 2. The third kappa shape index (κ3) is 4.33. The van der Waals surface area contributed by atoms with Gasteiger partial charge in [-0.05, 0) is 70.8 Å². The van der Waals surface area contributed by atoms with Crippen molar-refractivity contribution in [2.45, 2.75) is 18.9 Å². The first-order valence-corrected chi connectivity index (χ1v) is 8.07. The summed E-state index contributed by atoms with van der Waals surface area (Å²) in [6, 6.07) is 14.0. The quantitative estimate of drug-likeness (QED) is 0.431. The fourth-order valence-corrected chi connectivity index (χ4v) is 2.98. The first kappa shape index (κ1) is 16.0. The fraction of sp³-hybridized carbons (Fsp3) is 0.200. The zero-order valence-electron chi connectivity index (χ0n) is 10.7. The number of benzene rings is 2. The highest BCUT2D eigenvalue weighted by Crippen LogP contribution is 2.26. The molecule has 0 aliphatic rings. The average Bonchev–Trinajstić information content (AvgIpc) is 2.44. The smallest absolute Gasteiger partial charge is 0.0453 e. The van der Waals surface area contributed by atoms with Gasteiger partial charge in [0.05, 0.1) is 0 Å². The van der Waals surface area contributed by atoms with Gasteiger partial charge in [-0.2, -0.15) is 0 Å². The minimum atomic E-state index is 0.0902. The first-order valence-electron chi connectivity index (χ1n) is 6.23. The van der Waals surface area contributed by atoms with Crippen LogP contribution in [0.1, 0.15) is 11.1 Å². The van der Waals surface area contributed by atoms with Gasteiger partial charge in [0.1, 0.15) is 0 Å². The van der Waals surface area contributed by atoms with E-state index in [2.05, 4.69) is 52.3 Å². The molecule has 0 aliphatic heterocycles. The van der Waals surface area contributed by atoms with Gasteiger partial charge in [-0.15, -0.1) is 0 Å². The maximum Gasteiger partial charge on any atom is 0.0453 e. The molecule has 0 saturated carbocycles. The molecular formula is C15H15Cl2IN2. The van der Waals surface area contributed by atoms with Crippen molar-refractivity contribution in [3.05, 3.63) is 67.2 Å². The highest BCUT2D eigenvalue weighted by molar-refractivity contribution is 14.1. The van der Waals surface area contributed by atoms with E-state index in [0.29, 0.717) is 16.5 Å². The van der Waals surface area contributed by atoms with Gasteiger partial charge < -0.3 is 0 Å². The summed E-state index contributed by atoms with van der Waals surface area (Å²) in [5.74, 6) is 5.66. The van der Waals surface area contributed by atoms with Crippen LogP contribution in [0.15, 0.2) is 42.5 Å². The van der Waals surface area contributed by atoms with Crippen LogP contribution in [0.4, 0.5) is 0 Å². The van der Waals surface area contributed by atoms with Gasteiger partial charge in [-0.1, -0.05) is 41.4 Å². The fourth-order valence-electron chi connectivity index (χ4n) is 2.07. The molecule has 2 rings (SSSR count). The maximum absolute atomic E-state index is 6.20. The lowest BCUT2D eigenvalue weighted by Crippen LogP contribution is -2.38. The standard InChI is InChI=1S/C15H15Cl2IN2/c16-14-2-1-3-15(17)13(14)9-12(20-19)8-10-4-6-11(18)7-5-10/h1-7,12,20H,8-9,19H2. The van der Waals surface area contributed by atoms with E-state index in [9.17, 15) is 0 Å². The third-order valence-corrected chi connectivity index (χ3v) is 4.57. The predicted octanol–water partition coefficient (Wildman–Crippen LogP) is 4.22. The molecule has 106 valence electrons. The Morgan fingerprint density at radius 2 is 1.60 bits per heavy atom. The molecule has 0 spiro atoms. The van der Waals surface area contributed by atoms with Crippen molar-refractivity contribution >= 4 is 45.8 Å².